The van der Waals surface area contributed by atoms with E-state index in [4.69, 9.17) is 9.47 Å². The van der Waals surface area contributed by atoms with Gasteiger partial charge in [0, 0.05) is 6.54 Å². The van der Waals surface area contributed by atoms with E-state index >= 15 is 0 Å². The highest BCUT2D eigenvalue weighted by molar-refractivity contribution is 7.16. The summed E-state index contributed by atoms with van der Waals surface area (Å²) in [7, 11) is 1.63. The molecule has 0 aliphatic carbocycles. The van der Waals surface area contributed by atoms with Crippen LogP contribution in [0.1, 0.15) is 10.4 Å². The quantitative estimate of drug-likeness (QED) is 0.394. The Balaban J connectivity index is 1.80. The molecule has 150 valence electrons. The van der Waals surface area contributed by atoms with Gasteiger partial charge in [0.25, 0.3) is 5.91 Å². The van der Waals surface area contributed by atoms with Gasteiger partial charge in [0.1, 0.15) is 22.8 Å². The van der Waals surface area contributed by atoms with Crippen LogP contribution in [0.25, 0.3) is 10.2 Å². The number of rotatable bonds is 6. The van der Waals surface area contributed by atoms with Crippen LogP contribution < -0.4 is 14.3 Å². The average Bonchev–Trinajstić information content (AvgIpc) is 3.12. The van der Waals surface area contributed by atoms with Crippen molar-refractivity contribution in [1.29, 1.82) is 0 Å². The van der Waals surface area contributed by atoms with E-state index < -0.39 is 0 Å². The van der Waals surface area contributed by atoms with Crippen LogP contribution in [-0.2, 0) is 6.54 Å². The number of benzene rings is 3. The molecule has 0 bridgehead atoms. The summed E-state index contributed by atoms with van der Waals surface area (Å²) >= 11 is 1.43. The van der Waals surface area contributed by atoms with Gasteiger partial charge in [0.05, 0.1) is 17.4 Å². The van der Waals surface area contributed by atoms with Crippen LogP contribution in [0.4, 0.5) is 0 Å². The second-order valence-electron chi connectivity index (χ2n) is 6.42. The molecule has 0 saturated heterocycles. The van der Waals surface area contributed by atoms with Crippen molar-refractivity contribution in [3.05, 3.63) is 95.8 Å². The van der Waals surface area contributed by atoms with Gasteiger partial charge in [0.2, 0.25) is 0 Å². The van der Waals surface area contributed by atoms with E-state index in [0.29, 0.717) is 28.4 Å². The topological polar surface area (TPSA) is 52.8 Å². The van der Waals surface area contributed by atoms with Gasteiger partial charge >= 0.3 is 0 Å². The number of amides is 1. The Morgan fingerprint density at radius 1 is 1.03 bits per heavy atom. The molecule has 0 unspecified atom stereocenters. The summed E-state index contributed by atoms with van der Waals surface area (Å²) in [5.41, 5.74) is 1.29. The van der Waals surface area contributed by atoms with Crippen LogP contribution in [0.5, 0.6) is 17.2 Å². The van der Waals surface area contributed by atoms with E-state index in [1.54, 1.807) is 31.4 Å². The second-order valence-corrected chi connectivity index (χ2v) is 7.43. The lowest BCUT2D eigenvalue weighted by Gasteiger charge is -2.09. The zero-order valence-corrected chi connectivity index (χ0v) is 17.3. The van der Waals surface area contributed by atoms with Crippen molar-refractivity contribution < 1.29 is 14.3 Å². The molecule has 0 radical (unpaired) electrons. The number of methoxy groups -OCH3 is 1. The largest absolute Gasteiger partial charge is 0.495 e. The molecule has 1 heterocycles. The van der Waals surface area contributed by atoms with Crippen molar-refractivity contribution in [2.45, 2.75) is 6.54 Å². The predicted molar refractivity (Wildman–Crippen MR) is 119 cm³/mol. The van der Waals surface area contributed by atoms with Gasteiger partial charge in [0.15, 0.2) is 4.80 Å². The Morgan fingerprint density at radius 2 is 1.77 bits per heavy atom. The first-order valence-electron chi connectivity index (χ1n) is 9.39. The maximum atomic E-state index is 13.1. The molecule has 0 fully saturated rings. The predicted octanol–water partition coefficient (Wildman–Crippen LogP) is 5.43. The molecule has 30 heavy (non-hydrogen) atoms. The highest BCUT2D eigenvalue weighted by Crippen LogP contribution is 2.28. The number of para-hydroxylation sites is 3. The fourth-order valence-corrected chi connectivity index (χ4v) is 4.20. The van der Waals surface area contributed by atoms with Crippen LogP contribution in [0.2, 0.25) is 0 Å². The number of carbonyl (C=O) groups excluding carboxylic acids is 1. The maximum absolute atomic E-state index is 13.1. The monoisotopic (exact) mass is 416 g/mol. The van der Waals surface area contributed by atoms with Gasteiger partial charge in [-0.2, -0.15) is 4.99 Å². The summed E-state index contributed by atoms with van der Waals surface area (Å²) in [6.07, 6.45) is 1.77. The number of carbonyl (C=O) groups is 1. The molecule has 0 spiro atoms. The molecule has 0 N–H and O–H groups in total. The van der Waals surface area contributed by atoms with E-state index in [1.807, 2.05) is 59.2 Å². The van der Waals surface area contributed by atoms with E-state index in [-0.39, 0.29) is 5.91 Å². The maximum Gasteiger partial charge on any atom is 0.283 e. The van der Waals surface area contributed by atoms with E-state index in [1.165, 1.54) is 11.3 Å². The molecule has 5 nitrogen and oxygen atoms in total. The smallest absolute Gasteiger partial charge is 0.283 e. The first-order chi connectivity index (χ1) is 14.7. The molecule has 0 aliphatic heterocycles. The Morgan fingerprint density at radius 3 is 2.53 bits per heavy atom. The minimum Gasteiger partial charge on any atom is -0.495 e. The third-order valence-corrected chi connectivity index (χ3v) is 5.52. The lowest BCUT2D eigenvalue weighted by atomic mass is 10.2. The number of hydrogen-bond acceptors (Lipinski definition) is 4. The van der Waals surface area contributed by atoms with Crippen LogP contribution in [0, 0.1) is 0 Å². The van der Waals surface area contributed by atoms with Crippen molar-refractivity contribution in [1.82, 2.24) is 4.57 Å². The number of thiazole rings is 1. The van der Waals surface area contributed by atoms with E-state index in [9.17, 15) is 4.79 Å². The Kier molecular flexibility index (Phi) is 5.77. The Bertz CT molecular complexity index is 1270. The molecular weight excluding hydrogens is 396 g/mol. The summed E-state index contributed by atoms with van der Waals surface area (Å²) < 4.78 is 14.3. The Hall–Kier alpha value is -3.64. The fraction of sp³-hybridized carbons (Fsp3) is 0.0833. The number of hydrogen-bond donors (Lipinski definition) is 0. The van der Waals surface area contributed by atoms with Crippen molar-refractivity contribution in [2.24, 2.45) is 4.99 Å². The van der Waals surface area contributed by atoms with E-state index in [0.717, 1.165) is 16.0 Å². The summed E-state index contributed by atoms with van der Waals surface area (Å²) in [6.45, 7) is 4.34. The van der Waals surface area contributed by atoms with Crippen LogP contribution in [0.3, 0.4) is 0 Å². The SMILES string of the molecule is C=CCn1c(=NC(=O)c2ccccc2Oc2ccccc2)sc2cccc(OC)c21. The van der Waals surface area contributed by atoms with Crippen molar-refractivity contribution >= 4 is 27.5 Å². The molecule has 1 aromatic heterocycles. The summed E-state index contributed by atoms with van der Waals surface area (Å²) in [6, 6.07) is 22.3. The van der Waals surface area contributed by atoms with Crippen LogP contribution >= 0.6 is 11.3 Å². The lowest BCUT2D eigenvalue weighted by Crippen LogP contribution is -2.16. The highest BCUT2D eigenvalue weighted by Gasteiger charge is 2.15. The highest BCUT2D eigenvalue weighted by atomic mass is 32.1. The number of fused-ring (bicyclic) bond motifs is 1. The van der Waals surface area contributed by atoms with Gasteiger partial charge in [-0.1, -0.05) is 53.8 Å². The second kappa shape index (κ2) is 8.80. The average molecular weight is 417 g/mol. The van der Waals surface area contributed by atoms with E-state index in [2.05, 4.69) is 11.6 Å². The number of allylic oxidation sites excluding steroid dienone is 1. The van der Waals surface area contributed by atoms with Crippen LogP contribution in [0.15, 0.2) is 90.4 Å². The summed E-state index contributed by atoms with van der Waals surface area (Å²) in [5.74, 6) is 1.48. The molecule has 4 rings (SSSR count). The number of aromatic nitrogens is 1. The van der Waals surface area contributed by atoms with Gasteiger partial charge in [-0.3, -0.25) is 4.79 Å². The van der Waals surface area contributed by atoms with Crippen molar-refractivity contribution in [2.75, 3.05) is 7.11 Å². The van der Waals surface area contributed by atoms with Crippen molar-refractivity contribution in [3.63, 3.8) is 0 Å². The van der Waals surface area contributed by atoms with Gasteiger partial charge < -0.3 is 14.0 Å². The molecule has 0 atom stereocenters. The number of nitrogens with zero attached hydrogens (tertiary/aromatic N) is 2. The molecule has 3 aromatic carbocycles. The van der Waals surface area contributed by atoms with Crippen molar-refractivity contribution in [3.8, 4) is 17.2 Å². The minimum atomic E-state index is -0.370. The molecule has 0 saturated carbocycles. The zero-order valence-electron chi connectivity index (χ0n) is 16.4. The van der Waals surface area contributed by atoms with Gasteiger partial charge in [-0.15, -0.1) is 6.58 Å². The molecule has 0 aliphatic rings. The molecule has 4 aromatic rings. The first kappa shape index (κ1) is 19.7. The lowest BCUT2D eigenvalue weighted by molar-refractivity contribution is 0.0995. The third kappa shape index (κ3) is 3.90. The minimum absolute atomic E-state index is 0.370. The first-order valence-corrected chi connectivity index (χ1v) is 10.2. The van der Waals surface area contributed by atoms with Gasteiger partial charge in [-0.05, 0) is 36.4 Å². The Labute approximate surface area is 178 Å². The standard InChI is InChI=1S/C24H20N2O3S/c1-3-16-26-22-20(28-2)14-9-15-21(22)30-24(26)25-23(27)18-12-7-8-13-19(18)29-17-10-5-4-6-11-17/h3-15H,1,16H2,2H3. The fourth-order valence-electron chi connectivity index (χ4n) is 3.14. The van der Waals surface area contributed by atoms with Crippen LogP contribution in [-0.4, -0.2) is 17.6 Å². The number of ether oxygens (including phenoxy) is 2. The molecular formula is C24H20N2O3S. The molecule has 6 heteroatoms. The summed E-state index contributed by atoms with van der Waals surface area (Å²) in [5, 5.41) is 0. The van der Waals surface area contributed by atoms with Gasteiger partial charge in [-0.25, -0.2) is 0 Å². The third-order valence-electron chi connectivity index (χ3n) is 4.48. The zero-order chi connectivity index (χ0) is 20.9. The summed E-state index contributed by atoms with van der Waals surface area (Å²) in [4.78, 5) is 18.1. The normalized spacial score (nSPS) is 11.4. The molecule has 1 amide bonds.